The first kappa shape index (κ1) is 17.5. The molecule has 3 nitrogen and oxygen atoms in total. The van der Waals surface area contributed by atoms with Crippen LogP contribution in [0.4, 0.5) is 13.2 Å². The van der Waals surface area contributed by atoms with Crippen LogP contribution in [0.15, 0.2) is 55.0 Å². The number of halogens is 3. The van der Waals surface area contributed by atoms with E-state index < -0.39 is 11.7 Å². The summed E-state index contributed by atoms with van der Waals surface area (Å²) in [6.45, 7) is 3.48. The van der Waals surface area contributed by atoms with Gasteiger partial charge >= 0.3 is 6.18 Å². The zero-order valence-electron chi connectivity index (χ0n) is 13.9. The molecule has 0 amide bonds. The van der Waals surface area contributed by atoms with E-state index in [0.717, 1.165) is 36.2 Å². The minimum atomic E-state index is -4.28. The van der Waals surface area contributed by atoms with Gasteiger partial charge in [-0.15, -0.1) is 0 Å². The summed E-state index contributed by atoms with van der Waals surface area (Å²) in [6.07, 6.45) is 2.32. The highest BCUT2D eigenvalue weighted by Gasteiger charge is 2.29. The highest BCUT2D eigenvalue weighted by atomic mass is 19.4. The third-order valence-electron chi connectivity index (χ3n) is 4.32. The number of rotatable bonds is 6. The summed E-state index contributed by atoms with van der Waals surface area (Å²) in [7, 11) is 0. The van der Waals surface area contributed by atoms with Crippen molar-refractivity contribution in [2.24, 2.45) is 0 Å². The highest BCUT2D eigenvalue weighted by molar-refractivity contribution is 5.78. The molecule has 0 saturated carbocycles. The van der Waals surface area contributed by atoms with Gasteiger partial charge in [0.05, 0.1) is 17.3 Å². The van der Waals surface area contributed by atoms with E-state index in [-0.39, 0.29) is 6.04 Å². The molecule has 1 N–H and O–H groups in total. The molecule has 2 heterocycles. The Balaban J connectivity index is 1.50. The van der Waals surface area contributed by atoms with Crippen LogP contribution in [0.3, 0.4) is 0 Å². The topological polar surface area (TPSA) is 29.9 Å². The SMILES string of the molecule is C[C@H](CCn1ccc2ccncc21)NCc1ccc(C(F)(F)F)cc1. The van der Waals surface area contributed by atoms with Crippen molar-refractivity contribution in [1.82, 2.24) is 14.9 Å². The van der Waals surface area contributed by atoms with Crippen molar-refractivity contribution < 1.29 is 13.2 Å². The molecule has 0 radical (unpaired) electrons. The maximum absolute atomic E-state index is 12.6. The lowest BCUT2D eigenvalue weighted by Crippen LogP contribution is -2.26. The molecule has 25 heavy (non-hydrogen) atoms. The van der Waals surface area contributed by atoms with Gasteiger partial charge in [0.25, 0.3) is 0 Å². The highest BCUT2D eigenvalue weighted by Crippen LogP contribution is 2.29. The number of alkyl halides is 3. The van der Waals surface area contributed by atoms with Crippen molar-refractivity contribution in [2.45, 2.75) is 38.7 Å². The monoisotopic (exact) mass is 347 g/mol. The van der Waals surface area contributed by atoms with Crippen molar-refractivity contribution >= 4 is 10.9 Å². The zero-order valence-corrected chi connectivity index (χ0v) is 13.9. The minimum Gasteiger partial charge on any atom is -0.346 e. The number of aryl methyl sites for hydroxylation is 1. The fourth-order valence-corrected chi connectivity index (χ4v) is 2.76. The molecule has 0 bridgehead atoms. The molecule has 0 aliphatic carbocycles. The van der Waals surface area contributed by atoms with Gasteiger partial charge in [0.2, 0.25) is 0 Å². The summed E-state index contributed by atoms with van der Waals surface area (Å²) >= 11 is 0. The van der Waals surface area contributed by atoms with Crippen LogP contribution >= 0.6 is 0 Å². The number of nitrogens with one attached hydrogen (secondary N) is 1. The normalized spacial score (nSPS) is 13.3. The van der Waals surface area contributed by atoms with E-state index in [2.05, 4.69) is 34.1 Å². The molecule has 132 valence electrons. The zero-order chi connectivity index (χ0) is 17.9. The molecule has 1 atom stereocenters. The molecule has 0 spiro atoms. The number of fused-ring (bicyclic) bond motifs is 1. The van der Waals surface area contributed by atoms with Crippen molar-refractivity contribution in [1.29, 1.82) is 0 Å². The third-order valence-corrected chi connectivity index (χ3v) is 4.32. The molecule has 0 saturated heterocycles. The van der Waals surface area contributed by atoms with Gasteiger partial charge in [0.15, 0.2) is 0 Å². The molecular formula is C19H20F3N3. The average molecular weight is 347 g/mol. The number of nitrogens with zero attached hydrogens (tertiary/aromatic N) is 2. The summed E-state index contributed by atoms with van der Waals surface area (Å²) in [5.41, 5.74) is 1.34. The van der Waals surface area contributed by atoms with E-state index in [1.165, 1.54) is 17.5 Å². The number of benzene rings is 1. The molecule has 6 heteroatoms. The van der Waals surface area contributed by atoms with Crippen LogP contribution in [0.25, 0.3) is 10.9 Å². The quantitative estimate of drug-likeness (QED) is 0.705. The lowest BCUT2D eigenvalue weighted by molar-refractivity contribution is -0.137. The standard InChI is InChI=1S/C19H20F3N3/c1-14(7-10-25-11-8-16-6-9-23-13-18(16)25)24-12-15-2-4-17(5-3-15)19(20,21)22/h2-6,8-9,11,13-14,24H,7,10,12H2,1H3/t14-/m1/s1. The summed E-state index contributed by atoms with van der Waals surface area (Å²) in [6, 6.07) is 9.59. The van der Waals surface area contributed by atoms with Gasteiger partial charge in [-0.2, -0.15) is 13.2 Å². The van der Waals surface area contributed by atoms with Gasteiger partial charge in [-0.25, -0.2) is 0 Å². The number of aromatic nitrogens is 2. The average Bonchev–Trinajstić information content (AvgIpc) is 3.01. The van der Waals surface area contributed by atoms with E-state index >= 15 is 0 Å². The lowest BCUT2D eigenvalue weighted by atomic mass is 10.1. The first-order valence-electron chi connectivity index (χ1n) is 8.22. The number of hydrogen-bond acceptors (Lipinski definition) is 2. The Kier molecular flexibility index (Phi) is 5.08. The number of hydrogen-bond donors (Lipinski definition) is 1. The van der Waals surface area contributed by atoms with Crippen LogP contribution < -0.4 is 5.32 Å². The van der Waals surface area contributed by atoms with E-state index in [9.17, 15) is 13.2 Å². The molecule has 3 aromatic rings. The summed E-state index contributed by atoms with van der Waals surface area (Å²) in [5, 5.41) is 4.52. The Morgan fingerprint density at radius 1 is 1.12 bits per heavy atom. The van der Waals surface area contributed by atoms with Crippen LogP contribution in [0.5, 0.6) is 0 Å². The fraction of sp³-hybridized carbons (Fsp3) is 0.316. The minimum absolute atomic E-state index is 0.247. The smallest absolute Gasteiger partial charge is 0.346 e. The predicted molar refractivity (Wildman–Crippen MR) is 92.1 cm³/mol. The second-order valence-corrected chi connectivity index (χ2v) is 6.21. The van der Waals surface area contributed by atoms with E-state index in [4.69, 9.17) is 0 Å². The maximum Gasteiger partial charge on any atom is 0.416 e. The van der Waals surface area contributed by atoms with Crippen LogP contribution in [0.1, 0.15) is 24.5 Å². The van der Waals surface area contributed by atoms with Crippen molar-refractivity contribution in [3.8, 4) is 0 Å². The largest absolute Gasteiger partial charge is 0.416 e. The van der Waals surface area contributed by atoms with Crippen molar-refractivity contribution in [3.05, 3.63) is 66.1 Å². The Hall–Kier alpha value is -2.34. The van der Waals surface area contributed by atoms with Gasteiger partial charge in [-0.1, -0.05) is 12.1 Å². The summed E-state index contributed by atoms with van der Waals surface area (Å²) < 4.78 is 39.8. The second-order valence-electron chi connectivity index (χ2n) is 6.21. The number of pyridine rings is 1. The Morgan fingerprint density at radius 3 is 2.60 bits per heavy atom. The van der Waals surface area contributed by atoms with Gasteiger partial charge in [0.1, 0.15) is 0 Å². The summed E-state index contributed by atoms with van der Waals surface area (Å²) in [5.74, 6) is 0. The molecular weight excluding hydrogens is 327 g/mol. The molecule has 3 rings (SSSR count). The molecule has 0 unspecified atom stereocenters. The summed E-state index contributed by atoms with van der Waals surface area (Å²) in [4.78, 5) is 4.16. The van der Waals surface area contributed by atoms with Gasteiger partial charge in [-0.3, -0.25) is 4.98 Å². The van der Waals surface area contributed by atoms with Crippen molar-refractivity contribution in [3.63, 3.8) is 0 Å². The Bertz CT molecular complexity index is 822. The Labute approximate surface area is 144 Å². The molecule has 0 aliphatic heterocycles. The molecule has 1 aromatic carbocycles. The molecule has 0 fully saturated rings. The fourth-order valence-electron chi connectivity index (χ4n) is 2.76. The molecule has 0 aliphatic rings. The van der Waals surface area contributed by atoms with Gasteiger partial charge in [-0.05, 0) is 43.2 Å². The van der Waals surface area contributed by atoms with Gasteiger partial charge in [0, 0.05) is 36.9 Å². The van der Waals surface area contributed by atoms with Crippen LogP contribution in [-0.2, 0) is 19.3 Å². The first-order valence-corrected chi connectivity index (χ1v) is 8.22. The van der Waals surface area contributed by atoms with E-state index in [0.29, 0.717) is 6.54 Å². The van der Waals surface area contributed by atoms with Crippen LogP contribution in [-0.4, -0.2) is 15.6 Å². The lowest BCUT2D eigenvalue weighted by Gasteiger charge is -2.15. The second kappa shape index (κ2) is 7.27. The predicted octanol–water partition coefficient (Wildman–Crippen LogP) is 4.62. The third kappa shape index (κ3) is 4.39. The molecule has 2 aromatic heterocycles. The van der Waals surface area contributed by atoms with E-state index in [1.54, 1.807) is 6.20 Å². The first-order chi connectivity index (χ1) is 11.9. The van der Waals surface area contributed by atoms with Gasteiger partial charge < -0.3 is 9.88 Å². The van der Waals surface area contributed by atoms with Crippen LogP contribution in [0, 0.1) is 0 Å². The van der Waals surface area contributed by atoms with E-state index in [1.807, 2.05) is 12.3 Å². The Morgan fingerprint density at radius 2 is 1.88 bits per heavy atom. The van der Waals surface area contributed by atoms with Crippen molar-refractivity contribution in [2.75, 3.05) is 0 Å². The maximum atomic E-state index is 12.6. The van der Waals surface area contributed by atoms with Crippen LogP contribution in [0.2, 0.25) is 0 Å².